The molecule has 1 aliphatic rings. The first-order valence-electron chi connectivity index (χ1n) is 5.08. The Kier molecular flexibility index (Phi) is 3.12. The van der Waals surface area contributed by atoms with Crippen molar-refractivity contribution in [3.8, 4) is 5.75 Å². The second-order valence-corrected chi connectivity index (χ2v) is 3.93. The van der Waals surface area contributed by atoms with Crippen LogP contribution >= 0.6 is 11.6 Å². The molecule has 0 saturated heterocycles. The van der Waals surface area contributed by atoms with Crippen LogP contribution in [0.25, 0.3) is 0 Å². The molecule has 0 radical (unpaired) electrons. The summed E-state index contributed by atoms with van der Waals surface area (Å²) in [6, 6.07) is 3.58. The van der Waals surface area contributed by atoms with Crippen LogP contribution < -0.4 is 10.1 Å². The second-order valence-electron chi connectivity index (χ2n) is 3.53. The van der Waals surface area contributed by atoms with Crippen molar-refractivity contribution in [1.82, 2.24) is 5.32 Å². The second kappa shape index (κ2) is 4.37. The quantitative estimate of drug-likeness (QED) is 0.842. The molecular weight excluding hydrogens is 217 g/mol. The standard InChI is InChI=1S/C11H13ClFNO/c1-2-14-9-5-6-15-11-7(9)3-4-8(12)10(11)13/h3-4,9,14H,2,5-6H2,1H3. The number of hydrogen-bond donors (Lipinski definition) is 1. The van der Waals surface area contributed by atoms with Gasteiger partial charge < -0.3 is 10.1 Å². The molecule has 0 spiro atoms. The van der Waals surface area contributed by atoms with Gasteiger partial charge in [0.05, 0.1) is 11.6 Å². The first kappa shape index (κ1) is 10.7. The summed E-state index contributed by atoms with van der Waals surface area (Å²) < 4.78 is 18.9. The molecule has 2 nitrogen and oxygen atoms in total. The highest BCUT2D eigenvalue weighted by molar-refractivity contribution is 6.30. The zero-order valence-electron chi connectivity index (χ0n) is 8.52. The molecule has 0 aliphatic carbocycles. The number of fused-ring (bicyclic) bond motifs is 1. The van der Waals surface area contributed by atoms with E-state index in [1.165, 1.54) is 0 Å². The van der Waals surface area contributed by atoms with Crippen LogP contribution in [0.4, 0.5) is 4.39 Å². The molecule has 0 saturated carbocycles. The number of benzene rings is 1. The van der Waals surface area contributed by atoms with E-state index >= 15 is 0 Å². The Morgan fingerprint density at radius 2 is 2.40 bits per heavy atom. The molecule has 1 aromatic rings. The maximum absolute atomic E-state index is 13.6. The average molecular weight is 230 g/mol. The van der Waals surface area contributed by atoms with E-state index in [0.29, 0.717) is 12.4 Å². The van der Waals surface area contributed by atoms with Crippen molar-refractivity contribution in [1.29, 1.82) is 0 Å². The Balaban J connectivity index is 2.40. The van der Waals surface area contributed by atoms with E-state index in [9.17, 15) is 4.39 Å². The van der Waals surface area contributed by atoms with Gasteiger partial charge in [-0.2, -0.15) is 0 Å². The minimum Gasteiger partial charge on any atom is -0.490 e. The van der Waals surface area contributed by atoms with Gasteiger partial charge >= 0.3 is 0 Å². The van der Waals surface area contributed by atoms with E-state index in [0.717, 1.165) is 18.5 Å². The molecule has 1 N–H and O–H groups in total. The molecule has 0 fully saturated rings. The molecule has 1 aromatic carbocycles. The highest BCUT2D eigenvalue weighted by atomic mass is 35.5. The van der Waals surface area contributed by atoms with E-state index < -0.39 is 5.82 Å². The van der Waals surface area contributed by atoms with Crippen LogP contribution in [0.5, 0.6) is 5.75 Å². The van der Waals surface area contributed by atoms with Crippen molar-refractivity contribution < 1.29 is 9.13 Å². The van der Waals surface area contributed by atoms with Crippen molar-refractivity contribution in [2.45, 2.75) is 19.4 Å². The van der Waals surface area contributed by atoms with Gasteiger partial charge in [-0.3, -0.25) is 0 Å². The zero-order chi connectivity index (χ0) is 10.8. The molecule has 0 aromatic heterocycles. The van der Waals surface area contributed by atoms with Gasteiger partial charge in [-0.25, -0.2) is 4.39 Å². The van der Waals surface area contributed by atoms with Gasteiger partial charge in [-0.15, -0.1) is 0 Å². The van der Waals surface area contributed by atoms with Crippen molar-refractivity contribution in [2.24, 2.45) is 0 Å². The van der Waals surface area contributed by atoms with Crippen LogP contribution in [-0.4, -0.2) is 13.2 Å². The molecule has 1 aliphatic heterocycles. The molecule has 1 atom stereocenters. The lowest BCUT2D eigenvalue weighted by Crippen LogP contribution is -2.27. The highest BCUT2D eigenvalue weighted by Crippen LogP contribution is 2.36. The summed E-state index contributed by atoms with van der Waals surface area (Å²) in [6.07, 6.45) is 0.863. The van der Waals surface area contributed by atoms with E-state index in [1.807, 2.05) is 13.0 Å². The predicted molar refractivity (Wildman–Crippen MR) is 57.9 cm³/mol. The fourth-order valence-corrected chi connectivity index (χ4v) is 2.01. The summed E-state index contributed by atoms with van der Waals surface area (Å²) >= 11 is 5.70. The van der Waals surface area contributed by atoms with Crippen LogP contribution in [0.1, 0.15) is 24.9 Å². The Labute approximate surface area is 93.4 Å². The van der Waals surface area contributed by atoms with Gasteiger partial charge in [-0.05, 0) is 12.6 Å². The smallest absolute Gasteiger partial charge is 0.183 e. The van der Waals surface area contributed by atoms with Gasteiger partial charge in [0.1, 0.15) is 0 Å². The molecule has 0 amide bonds. The summed E-state index contributed by atoms with van der Waals surface area (Å²) in [5, 5.41) is 3.41. The van der Waals surface area contributed by atoms with Gasteiger partial charge in [0, 0.05) is 18.0 Å². The molecule has 1 heterocycles. The molecular formula is C11H13ClFNO. The Morgan fingerprint density at radius 1 is 1.60 bits per heavy atom. The summed E-state index contributed by atoms with van der Waals surface area (Å²) in [5.74, 6) is -0.142. The molecule has 0 bridgehead atoms. The van der Waals surface area contributed by atoms with E-state index in [1.54, 1.807) is 6.07 Å². The third-order valence-corrected chi connectivity index (χ3v) is 2.85. The van der Waals surface area contributed by atoms with Gasteiger partial charge in [0.25, 0.3) is 0 Å². The first-order chi connectivity index (χ1) is 7.24. The Bertz CT molecular complexity index is 370. The van der Waals surface area contributed by atoms with Gasteiger partial charge in [0.15, 0.2) is 11.6 Å². The lowest BCUT2D eigenvalue weighted by Gasteiger charge is -2.26. The Hall–Kier alpha value is -0.800. The lowest BCUT2D eigenvalue weighted by molar-refractivity contribution is 0.242. The maximum atomic E-state index is 13.6. The average Bonchev–Trinajstić information content (AvgIpc) is 2.25. The highest BCUT2D eigenvalue weighted by Gasteiger charge is 2.24. The fraction of sp³-hybridized carbons (Fsp3) is 0.455. The third kappa shape index (κ3) is 1.94. The van der Waals surface area contributed by atoms with Crippen LogP contribution in [0.2, 0.25) is 5.02 Å². The maximum Gasteiger partial charge on any atom is 0.183 e. The lowest BCUT2D eigenvalue weighted by atomic mass is 10.0. The van der Waals surface area contributed by atoms with Crippen LogP contribution in [-0.2, 0) is 0 Å². The van der Waals surface area contributed by atoms with Crippen molar-refractivity contribution in [3.05, 3.63) is 28.5 Å². The molecule has 4 heteroatoms. The van der Waals surface area contributed by atoms with Crippen molar-refractivity contribution in [3.63, 3.8) is 0 Å². The van der Waals surface area contributed by atoms with Crippen LogP contribution in [0.3, 0.4) is 0 Å². The van der Waals surface area contributed by atoms with E-state index in [2.05, 4.69) is 5.32 Å². The van der Waals surface area contributed by atoms with E-state index in [-0.39, 0.29) is 11.1 Å². The minimum absolute atomic E-state index is 0.117. The molecule has 82 valence electrons. The molecule has 15 heavy (non-hydrogen) atoms. The molecule has 2 rings (SSSR count). The fourth-order valence-electron chi connectivity index (χ4n) is 1.86. The summed E-state index contributed by atoms with van der Waals surface area (Å²) in [4.78, 5) is 0. The topological polar surface area (TPSA) is 21.3 Å². The largest absolute Gasteiger partial charge is 0.490 e. The van der Waals surface area contributed by atoms with E-state index in [4.69, 9.17) is 16.3 Å². The third-order valence-electron chi connectivity index (χ3n) is 2.56. The number of rotatable bonds is 2. The zero-order valence-corrected chi connectivity index (χ0v) is 9.27. The Morgan fingerprint density at radius 3 is 3.13 bits per heavy atom. The predicted octanol–water partition coefficient (Wildman–Crippen LogP) is 2.91. The van der Waals surface area contributed by atoms with Crippen LogP contribution in [0, 0.1) is 5.82 Å². The number of nitrogens with one attached hydrogen (secondary N) is 1. The van der Waals surface area contributed by atoms with Crippen LogP contribution in [0.15, 0.2) is 12.1 Å². The number of ether oxygens (including phenoxy) is 1. The SMILES string of the molecule is CCNC1CCOc2c1ccc(Cl)c2F. The van der Waals surface area contributed by atoms with Crippen molar-refractivity contribution in [2.75, 3.05) is 13.2 Å². The number of halogens is 2. The summed E-state index contributed by atoms with van der Waals surface area (Å²) in [7, 11) is 0. The van der Waals surface area contributed by atoms with Gasteiger partial charge in [-0.1, -0.05) is 24.6 Å². The molecule has 1 unspecified atom stereocenters. The first-order valence-corrected chi connectivity index (χ1v) is 5.46. The summed E-state index contributed by atoms with van der Waals surface area (Å²) in [6.45, 7) is 3.41. The number of hydrogen-bond acceptors (Lipinski definition) is 2. The van der Waals surface area contributed by atoms with Gasteiger partial charge in [0.2, 0.25) is 0 Å². The van der Waals surface area contributed by atoms with Crippen molar-refractivity contribution >= 4 is 11.6 Å². The monoisotopic (exact) mass is 229 g/mol. The minimum atomic E-state index is -0.447. The summed E-state index contributed by atoms with van der Waals surface area (Å²) in [5.41, 5.74) is 0.866. The normalized spacial score (nSPS) is 19.5.